The maximum atomic E-state index is 13.3. The third-order valence-electron chi connectivity index (χ3n) is 6.33. The fourth-order valence-corrected chi connectivity index (χ4v) is 4.13. The highest BCUT2D eigenvalue weighted by atomic mass is 16.6. The van der Waals surface area contributed by atoms with Gasteiger partial charge in [0, 0.05) is 12.2 Å². The van der Waals surface area contributed by atoms with Gasteiger partial charge in [-0.25, -0.2) is 4.79 Å². The van der Waals surface area contributed by atoms with Gasteiger partial charge in [-0.3, -0.25) is 14.5 Å². The monoisotopic (exact) mass is 473 g/mol. The Labute approximate surface area is 203 Å². The molecule has 3 amide bonds. The van der Waals surface area contributed by atoms with Crippen LogP contribution in [0, 0.1) is 12.8 Å². The molecule has 2 fully saturated rings. The van der Waals surface area contributed by atoms with Crippen molar-refractivity contribution in [3.8, 4) is 0 Å². The van der Waals surface area contributed by atoms with E-state index in [1.807, 2.05) is 31.2 Å². The third kappa shape index (κ3) is 5.21. The van der Waals surface area contributed by atoms with Crippen molar-refractivity contribution >= 4 is 23.6 Å². The average molecular weight is 474 g/mol. The number of carbonyl (C=O) groups excluding carboxylic acids is 3. The van der Waals surface area contributed by atoms with E-state index < -0.39 is 18.2 Å². The highest BCUT2D eigenvalue weighted by molar-refractivity contribution is 6.02. The van der Waals surface area contributed by atoms with E-state index >= 15 is 0 Å². The van der Waals surface area contributed by atoms with Gasteiger partial charge in [-0.15, -0.1) is 0 Å². The van der Waals surface area contributed by atoms with E-state index in [1.165, 1.54) is 11.2 Å². The highest BCUT2D eigenvalue weighted by Gasteiger charge is 2.47. The van der Waals surface area contributed by atoms with Crippen LogP contribution >= 0.6 is 0 Å². The van der Waals surface area contributed by atoms with E-state index in [-0.39, 0.29) is 24.1 Å². The van der Waals surface area contributed by atoms with E-state index in [0.29, 0.717) is 23.7 Å². The zero-order valence-electron chi connectivity index (χ0n) is 19.4. The van der Waals surface area contributed by atoms with E-state index in [9.17, 15) is 14.4 Å². The Balaban J connectivity index is 1.35. The molecule has 2 N–H and O–H groups in total. The fraction of sp³-hybridized carbons (Fsp3) is 0.296. The van der Waals surface area contributed by atoms with Crippen molar-refractivity contribution in [2.45, 2.75) is 38.5 Å². The fourth-order valence-electron chi connectivity index (χ4n) is 4.13. The Morgan fingerprint density at radius 2 is 1.77 bits per heavy atom. The Morgan fingerprint density at radius 1 is 1.03 bits per heavy atom. The van der Waals surface area contributed by atoms with Gasteiger partial charge >= 0.3 is 6.09 Å². The van der Waals surface area contributed by atoms with Crippen LogP contribution in [0.15, 0.2) is 71.3 Å². The first-order valence-electron chi connectivity index (χ1n) is 11.7. The predicted octanol–water partition coefficient (Wildman–Crippen LogP) is 4.43. The molecule has 0 spiro atoms. The van der Waals surface area contributed by atoms with Gasteiger partial charge in [0.15, 0.2) is 17.9 Å². The molecule has 1 aliphatic heterocycles. The SMILES string of the molecule is Cc1ccc(CN2C(=O)OC(c3ccc(NC(=O)c4ccco4)cc3)C2C(=O)NCC2CC2)cc1. The maximum absolute atomic E-state index is 13.3. The van der Waals surface area contributed by atoms with Crippen LogP contribution in [0.1, 0.15) is 46.2 Å². The topological polar surface area (TPSA) is 101 Å². The average Bonchev–Trinajstić information content (AvgIpc) is 3.40. The molecule has 2 atom stereocenters. The number of hydrogen-bond donors (Lipinski definition) is 2. The summed E-state index contributed by atoms with van der Waals surface area (Å²) in [6, 6.07) is 17.2. The van der Waals surface area contributed by atoms with Crippen LogP contribution in [0.25, 0.3) is 0 Å². The number of cyclic esters (lactones) is 1. The predicted molar refractivity (Wildman–Crippen MR) is 129 cm³/mol. The first-order chi connectivity index (χ1) is 17.0. The second kappa shape index (κ2) is 9.66. The first kappa shape index (κ1) is 22.7. The van der Waals surface area contributed by atoms with Crippen LogP contribution in [-0.2, 0) is 16.1 Å². The minimum atomic E-state index is -0.800. The summed E-state index contributed by atoms with van der Waals surface area (Å²) >= 11 is 0. The van der Waals surface area contributed by atoms with Gasteiger partial charge in [0.05, 0.1) is 12.8 Å². The van der Waals surface area contributed by atoms with Crippen LogP contribution in [-0.4, -0.2) is 35.4 Å². The number of nitrogens with one attached hydrogen (secondary N) is 2. The summed E-state index contributed by atoms with van der Waals surface area (Å²) in [6.45, 7) is 2.87. The van der Waals surface area contributed by atoms with Gasteiger partial charge in [-0.2, -0.15) is 0 Å². The van der Waals surface area contributed by atoms with Crippen molar-refractivity contribution in [2.75, 3.05) is 11.9 Å². The molecular formula is C27H27N3O5. The second-order valence-electron chi connectivity index (χ2n) is 9.10. The summed E-state index contributed by atoms with van der Waals surface area (Å²) in [5.74, 6) is 0.127. The Bertz CT molecular complexity index is 1200. The van der Waals surface area contributed by atoms with E-state index in [2.05, 4.69) is 10.6 Å². The number of nitrogens with zero attached hydrogens (tertiary/aromatic N) is 1. The minimum absolute atomic E-state index is 0.206. The van der Waals surface area contributed by atoms with Crippen molar-refractivity contribution in [3.05, 3.63) is 89.4 Å². The number of ether oxygens (including phenoxy) is 1. The molecule has 2 aromatic carbocycles. The van der Waals surface area contributed by atoms with Gasteiger partial charge in [-0.1, -0.05) is 42.0 Å². The van der Waals surface area contributed by atoms with Crippen LogP contribution in [0.5, 0.6) is 0 Å². The number of benzene rings is 2. The van der Waals surface area contributed by atoms with Crippen LogP contribution < -0.4 is 10.6 Å². The van der Waals surface area contributed by atoms with Gasteiger partial charge in [0.25, 0.3) is 5.91 Å². The van der Waals surface area contributed by atoms with Gasteiger partial charge < -0.3 is 19.8 Å². The summed E-state index contributed by atoms with van der Waals surface area (Å²) < 4.78 is 10.8. The van der Waals surface area contributed by atoms with Crippen LogP contribution in [0.3, 0.4) is 0 Å². The summed E-state index contributed by atoms with van der Waals surface area (Å²) in [5, 5.41) is 5.76. The molecule has 2 unspecified atom stereocenters. The number of hydrogen-bond acceptors (Lipinski definition) is 5. The summed E-state index contributed by atoms with van der Waals surface area (Å²) in [4.78, 5) is 39.9. The standard InChI is InChI=1S/C27H27N3O5/c1-17-4-6-19(7-5-17)16-30-23(26(32)28-15-18-8-9-18)24(35-27(30)33)20-10-12-21(13-11-20)29-25(31)22-3-2-14-34-22/h2-7,10-14,18,23-24H,8-9,15-16H2,1H3,(H,28,32)(H,29,31). The first-order valence-corrected chi connectivity index (χ1v) is 11.7. The molecular weight excluding hydrogens is 446 g/mol. The lowest BCUT2D eigenvalue weighted by molar-refractivity contribution is -0.126. The Hall–Kier alpha value is -4.07. The van der Waals surface area contributed by atoms with Crippen molar-refractivity contribution in [2.24, 2.45) is 5.92 Å². The second-order valence-corrected chi connectivity index (χ2v) is 9.10. The largest absolute Gasteiger partial charge is 0.459 e. The van der Waals surface area contributed by atoms with Crippen molar-refractivity contribution in [3.63, 3.8) is 0 Å². The molecule has 8 nitrogen and oxygen atoms in total. The molecule has 2 heterocycles. The summed E-state index contributed by atoms with van der Waals surface area (Å²) in [7, 11) is 0. The maximum Gasteiger partial charge on any atom is 0.411 e. The van der Waals surface area contributed by atoms with E-state index in [0.717, 1.165) is 24.0 Å². The molecule has 0 bridgehead atoms. The molecule has 3 aromatic rings. The smallest absolute Gasteiger partial charge is 0.411 e. The number of aryl methyl sites for hydroxylation is 1. The molecule has 1 saturated carbocycles. The van der Waals surface area contributed by atoms with Gasteiger partial charge in [0.1, 0.15) is 0 Å². The van der Waals surface area contributed by atoms with Crippen LogP contribution in [0.2, 0.25) is 0 Å². The molecule has 35 heavy (non-hydrogen) atoms. The normalized spacial score (nSPS) is 19.3. The molecule has 1 saturated heterocycles. The number of anilines is 1. The van der Waals surface area contributed by atoms with Crippen LogP contribution in [0.4, 0.5) is 10.5 Å². The zero-order valence-corrected chi connectivity index (χ0v) is 19.4. The molecule has 0 radical (unpaired) electrons. The van der Waals surface area contributed by atoms with E-state index in [4.69, 9.17) is 9.15 Å². The Morgan fingerprint density at radius 3 is 2.43 bits per heavy atom. The zero-order chi connectivity index (χ0) is 24.4. The number of rotatable bonds is 8. The third-order valence-corrected chi connectivity index (χ3v) is 6.33. The van der Waals surface area contributed by atoms with E-state index in [1.54, 1.807) is 36.4 Å². The minimum Gasteiger partial charge on any atom is -0.459 e. The summed E-state index contributed by atoms with van der Waals surface area (Å²) in [5.41, 5.74) is 3.27. The molecule has 1 aliphatic carbocycles. The molecule has 8 heteroatoms. The number of amides is 3. The quantitative estimate of drug-likeness (QED) is 0.504. The number of furan rings is 1. The Kier molecular flexibility index (Phi) is 6.27. The van der Waals surface area contributed by atoms with Crippen molar-refractivity contribution < 1.29 is 23.5 Å². The molecule has 2 aliphatic rings. The lowest BCUT2D eigenvalue weighted by Gasteiger charge is -2.24. The summed E-state index contributed by atoms with van der Waals surface area (Å²) in [6.07, 6.45) is 2.37. The number of carbonyl (C=O) groups is 3. The van der Waals surface area contributed by atoms with Crippen molar-refractivity contribution in [1.82, 2.24) is 10.2 Å². The molecule has 180 valence electrons. The lowest BCUT2D eigenvalue weighted by Crippen LogP contribution is -2.46. The highest BCUT2D eigenvalue weighted by Crippen LogP contribution is 2.35. The molecule has 1 aromatic heterocycles. The molecule has 5 rings (SSSR count). The van der Waals surface area contributed by atoms with Gasteiger partial charge in [-0.05, 0) is 61.1 Å². The lowest BCUT2D eigenvalue weighted by atomic mass is 10.00. The van der Waals surface area contributed by atoms with Crippen molar-refractivity contribution in [1.29, 1.82) is 0 Å². The van der Waals surface area contributed by atoms with Gasteiger partial charge in [0.2, 0.25) is 5.91 Å².